The first kappa shape index (κ1) is 23.3. The molecule has 0 bridgehead atoms. The summed E-state index contributed by atoms with van der Waals surface area (Å²) in [5.74, 6) is 6.96. The minimum absolute atomic E-state index is 0.0745. The van der Waals surface area contributed by atoms with Gasteiger partial charge >= 0.3 is 6.09 Å². The number of aromatic nitrogens is 3. The molecular formula is C23H29FN6O2. The first-order valence-corrected chi connectivity index (χ1v) is 10.7. The highest BCUT2D eigenvalue weighted by molar-refractivity contribution is 5.68. The van der Waals surface area contributed by atoms with E-state index in [4.69, 9.17) is 4.74 Å². The van der Waals surface area contributed by atoms with Gasteiger partial charge in [-0.05, 0) is 46.1 Å². The van der Waals surface area contributed by atoms with E-state index in [2.05, 4.69) is 49.7 Å². The van der Waals surface area contributed by atoms with E-state index in [0.29, 0.717) is 23.0 Å². The minimum Gasteiger partial charge on any atom is -0.444 e. The van der Waals surface area contributed by atoms with Gasteiger partial charge in [0.1, 0.15) is 11.4 Å². The van der Waals surface area contributed by atoms with Crippen molar-refractivity contribution in [3.05, 3.63) is 36.0 Å². The fraction of sp³-hybridized carbons (Fsp3) is 0.478. The molecule has 0 spiro atoms. The zero-order valence-corrected chi connectivity index (χ0v) is 18.8. The molecule has 2 heterocycles. The third-order valence-electron chi connectivity index (χ3n) is 4.58. The van der Waals surface area contributed by atoms with Crippen LogP contribution in [0.15, 0.2) is 24.5 Å². The molecule has 0 aromatic carbocycles. The molecular weight excluding hydrogens is 411 g/mol. The van der Waals surface area contributed by atoms with Crippen molar-refractivity contribution in [3.63, 3.8) is 0 Å². The van der Waals surface area contributed by atoms with Crippen molar-refractivity contribution in [1.29, 1.82) is 0 Å². The van der Waals surface area contributed by atoms with Crippen LogP contribution in [-0.2, 0) is 4.74 Å². The Labute approximate surface area is 187 Å². The van der Waals surface area contributed by atoms with E-state index in [0.717, 1.165) is 25.8 Å². The van der Waals surface area contributed by atoms with Crippen LogP contribution in [0.25, 0.3) is 0 Å². The van der Waals surface area contributed by atoms with Gasteiger partial charge in [-0.15, -0.1) is 0 Å². The standard InChI is InChI=1S/C23H29FN6O2/c1-5-9-26-20-16(14-27-21(30-20)28-17-8-10-25-19(24)13-17)7-6-15-11-18(12-15)29-22(31)32-23(2,3)4/h8,10,13-15,18H,5,9,11-12H2,1-4H3,(H,29,31)(H2,25,26,27,28,30)/t15-,18+. The molecule has 32 heavy (non-hydrogen) atoms. The van der Waals surface area contributed by atoms with Crippen LogP contribution in [0.3, 0.4) is 0 Å². The van der Waals surface area contributed by atoms with Gasteiger partial charge in [0.05, 0.1) is 11.8 Å². The van der Waals surface area contributed by atoms with Crippen LogP contribution in [0.2, 0.25) is 0 Å². The molecule has 2 aromatic heterocycles. The summed E-state index contributed by atoms with van der Waals surface area (Å²) in [6.45, 7) is 8.31. The molecule has 1 aliphatic carbocycles. The summed E-state index contributed by atoms with van der Waals surface area (Å²) in [6.07, 6.45) is 5.10. The molecule has 0 unspecified atom stereocenters. The van der Waals surface area contributed by atoms with Crippen LogP contribution in [0.1, 0.15) is 52.5 Å². The Morgan fingerprint density at radius 1 is 1.31 bits per heavy atom. The SMILES string of the molecule is CCCNc1nc(Nc2ccnc(F)c2)ncc1C#C[C@H]1C[C@@H](NC(=O)OC(C)(C)C)C1. The molecule has 9 heteroatoms. The number of ether oxygens (including phenoxy) is 1. The van der Waals surface area contributed by atoms with Crippen molar-refractivity contribution in [2.45, 2.75) is 58.6 Å². The Bertz CT molecular complexity index is 1010. The van der Waals surface area contributed by atoms with Crippen LogP contribution >= 0.6 is 0 Å². The highest BCUT2D eigenvalue weighted by atomic mass is 19.1. The summed E-state index contributed by atoms with van der Waals surface area (Å²) in [4.78, 5) is 24.2. The number of pyridine rings is 1. The van der Waals surface area contributed by atoms with E-state index in [9.17, 15) is 9.18 Å². The maximum atomic E-state index is 13.3. The normalized spacial score (nSPS) is 17.4. The van der Waals surface area contributed by atoms with E-state index < -0.39 is 17.6 Å². The Morgan fingerprint density at radius 3 is 2.78 bits per heavy atom. The summed E-state index contributed by atoms with van der Waals surface area (Å²) in [5.41, 5.74) is 0.686. The fourth-order valence-corrected chi connectivity index (χ4v) is 3.03. The van der Waals surface area contributed by atoms with Gasteiger partial charge in [-0.2, -0.15) is 9.37 Å². The second kappa shape index (κ2) is 10.3. The topological polar surface area (TPSA) is 101 Å². The number of halogens is 1. The average Bonchev–Trinajstić information content (AvgIpc) is 2.67. The molecule has 3 N–H and O–H groups in total. The first-order chi connectivity index (χ1) is 15.2. The molecule has 3 rings (SSSR count). The number of anilines is 3. The number of carbonyl (C=O) groups excluding carboxylic acids is 1. The maximum Gasteiger partial charge on any atom is 0.407 e. The minimum atomic E-state index is -0.582. The van der Waals surface area contributed by atoms with Crippen molar-refractivity contribution in [3.8, 4) is 11.8 Å². The highest BCUT2D eigenvalue weighted by Gasteiger charge is 2.30. The second-order valence-corrected chi connectivity index (χ2v) is 8.66. The lowest BCUT2D eigenvalue weighted by atomic mass is 9.81. The zero-order chi connectivity index (χ0) is 23.1. The van der Waals surface area contributed by atoms with Gasteiger partial charge in [-0.25, -0.2) is 14.8 Å². The van der Waals surface area contributed by atoms with Gasteiger partial charge in [0.25, 0.3) is 0 Å². The van der Waals surface area contributed by atoms with Gasteiger partial charge in [0.15, 0.2) is 0 Å². The first-order valence-electron chi connectivity index (χ1n) is 10.7. The number of nitrogens with zero attached hydrogens (tertiary/aromatic N) is 3. The van der Waals surface area contributed by atoms with Crippen molar-refractivity contribution in [1.82, 2.24) is 20.3 Å². The molecule has 170 valence electrons. The van der Waals surface area contributed by atoms with Gasteiger partial charge in [-0.1, -0.05) is 18.8 Å². The predicted octanol–water partition coefficient (Wildman–Crippen LogP) is 4.23. The third kappa shape index (κ3) is 7.08. The lowest BCUT2D eigenvalue weighted by molar-refractivity contribution is 0.0467. The lowest BCUT2D eigenvalue weighted by Crippen LogP contribution is -2.45. The average molecular weight is 441 g/mol. The number of carbonyl (C=O) groups is 1. The number of hydrogen-bond donors (Lipinski definition) is 3. The highest BCUT2D eigenvalue weighted by Crippen LogP contribution is 2.27. The smallest absolute Gasteiger partial charge is 0.407 e. The molecule has 0 aliphatic heterocycles. The zero-order valence-electron chi connectivity index (χ0n) is 18.8. The van der Waals surface area contributed by atoms with Crippen LogP contribution in [-0.4, -0.2) is 39.2 Å². The third-order valence-corrected chi connectivity index (χ3v) is 4.58. The molecule has 1 saturated carbocycles. The summed E-state index contributed by atoms with van der Waals surface area (Å²) < 4.78 is 18.6. The molecule has 0 radical (unpaired) electrons. The number of hydrogen-bond acceptors (Lipinski definition) is 7. The van der Waals surface area contributed by atoms with E-state index in [-0.39, 0.29) is 12.0 Å². The summed E-state index contributed by atoms with van der Waals surface area (Å²) in [6, 6.07) is 2.98. The van der Waals surface area contributed by atoms with E-state index in [1.165, 1.54) is 12.3 Å². The van der Waals surface area contributed by atoms with Crippen LogP contribution in [0.4, 0.5) is 26.6 Å². The van der Waals surface area contributed by atoms with Gasteiger partial charge < -0.3 is 20.7 Å². The maximum absolute atomic E-state index is 13.3. The number of nitrogens with one attached hydrogen (secondary N) is 3. The number of amides is 1. The Balaban J connectivity index is 1.62. The van der Waals surface area contributed by atoms with Gasteiger partial charge in [0, 0.05) is 36.5 Å². The molecule has 0 saturated heterocycles. The monoisotopic (exact) mass is 440 g/mol. The molecule has 1 aliphatic rings. The second-order valence-electron chi connectivity index (χ2n) is 8.66. The molecule has 1 fully saturated rings. The molecule has 1 amide bonds. The van der Waals surface area contributed by atoms with Crippen molar-refractivity contribution in [2.75, 3.05) is 17.2 Å². The molecule has 2 aromatic rings. The van der Waals surface area contributed by atoms with Crippen LogP contribution in [0, 0.1) is 23.7 Å². The van der Waals surface area contributed by atoms with Crippen LogP contribution in [0.5, 0.6) is 0 Å². The van der Waals surface area contributed by atoms with Gasteiger partial charge in [-0.3, -0.25) is 0 Å². The van der Waals surface area contributed by atoms with Gasteiger partial charge in [0.2, 0.25) is 11.9 Å². The van der Waals surface area contributed by atoms with Crippen molar-refractivity contribution >= 4 is 23.5 Å². The van der Waals surface area contributed by atoms with E-state index in [1.54, 1.807) is 12.3 Å². The Hall–Kier alpha value is -3.41. The van der Waals surface area contributed by atoms with Crippen molar-refractivity contribution < 1.29 is 13.9 Å². The van der Waals surface area contributed by atoms with E-state index >= 15 is 0 Å². The Kier molecular flexibility index (Phi) is 7.46. The summed E-state index contributed by atoms with van der Waals surface area (Å²) >= 11 is 0. The number of rotatable bonds is 6. The van der Waals surface area contributed by atoms with Crippen LogP contribution < -0.4 is 16.0 Å². The summed E-state index contributed by atoms with van der Waals surface area (Å²) in [5, 5.41) is 9.11. The molecule has 8 nitrogen and oxygen atoms in total. The summed E-state index contributed by atoms with van der Waals surface area (Å²) in [7, 11) is 0. The molecule has 0 atom stereocenters. The van der Waals surface area contributed by atoms with E-state index in [1.807, 2.05) is 20.8 Å². The Morgan fingerprint density at radius 2 is 2.09 bits per heavy atom. The lowest BCUT2D eigenvalue weighted by Gasteiger charge is -2.33. The largest absolute Gasteiger partial charge is 0.444 e. The number of alkyl carbamates (subject to hydrolysis) is 1. The van der Waals surface area contributed by atoms with Crippen molar-refractivity contribution in [2.24, 2.45) is 5.92 Å². The fourth-order valence-electron chi connectivity index (χ4n) is 3.03. The quantitative estimate of drug-likeness (QED) is 0.456. The predicted molar refractivity (Wildman–Crippen MR) is 121 cm³/mol.